The van der Waals surface area contributed by atoms with Gasteiger partial charge in [-0.2, -0.15) is 0 Å². The van der Waals surface area contributed by atoms with Crippen LogP contribution in [0, 0.1) is 0 Å². The zero-order valence-corrected chi connectivity index (χ0v) is 21.1. The lowest BCUT2D eigenvalue weighted by atomic mass is 10.0. The molecule has 7 nitrogen and oxygen atoms in total. The van der Waals surface area contributed by atoms with E-state index >= 15 is 0 Å². The van der Waals surface area contributed by atoms with Gasteiger partial charge in [-0.3, -0.25) is 0 Å². The molecule has 1 aliphatic heterocycles. The number of rotatable bonds is 9. The molecule has 0 aromatic heterocycles. The van der Waals surface area contributed by atoms with Crippen molar-refractivity contribution in [3.63, 3.8) is 0 Å². The summed E-state index contributed by atoms with van der Waals surface area (Å²) in [4.78, 5) is 12.3. The minimum Gasteiger partial charge on any atom is -0.463 e. The Morgan fingerprint density at radius 3 is 2.61 bits per heavy atom. The fraction of sp³-hybridized carbons (Fsp3) is 0.345. The first kappa shape index (κ1) is 25.7. The van der Waals surface area contributed by atoms with Crippen LogP contribution in [0.2, 0.25) is 0 Å². The van der Waals surface area contributed by atoms with Crippen LogP contribution in [-0.4, -0.2) is 29.5 Å². The van der Waals surface area contributed by atoms with Crippen molar-refractivity contribution in [1.82, 2.24) is 10.6 Å². The normalized spacial score (nSPS) is 15.8. The highest BCUT2D eigenvalue weighted by atomic mass is 16.7. The highest BCUT2D eigenvalue weighted by Gasteiger charge is 2.27. The molecule has 1 heterocycles. The number of amides is 2. The molecule has 0 aliphatic carbocycles. The lowest BCUT2D eigenvalue weighted by Gasteiger charge is -2.33. The molecule has 3 aromatic carbocycles. The molecule has 2 amide bonds. The number of hydrogen-bond donors (Lipinski definition) is 4. The van der Waals surface area contributed by atoms with Crippen molar-refractivity contribution in [2.75, 3.05) is 11.9 Å². The third kappa shape index (κ3) is 7.31. The van der Waals surface area contributed by atoms with Gasteiger partial charge in [0.1, 0.15) is 5.75 Å². The molecular formula is C29H35N3O4. The van der Waals surface area contributed by atoms with Crippen LogP contribution in [0.5, 0.6) is 5.75 Å². The molecule has 1 aliphatic rings. The Morgan fingerprint density at radius 2 is 1.81 bits per heavy atom. The number of anilines is 1. The van der Waals surface area contributed by atoms with Gasteiger partial charge in [0, 0.05) is 44.2 Å². The van der Waals surface area contributed by atoms with Crippen LogP contribution in [0.1, 0.15) is 49.1 Å². The summed E-state index contributed by atoms with van der Waals surface area (Å²) in [5.41, 5.74) is 4.65. The van der Waals surface area contributed by atoms with Gasteiger partial charge in [-0.25, -0.2) is 4.79 Å². The molecule has 36 heavy (non-hydrogen) atoms. The lowest BCUT2D eigenvalue weighted by Crippen LogP contribution is -2.35. The monoisotopic (exact) mass is 489 g/mol. The molecule has 0 fully saturated rings. The van der Waals surface area contributed by atoms with Gasteiger partial charge < -0.3 is 30.5 Å². The van der Waals surface area contributed by atoms with Crippen molar-refractivity contribution in [1.29, 1.82) is 0 Å². The van der Waals surface area contributed by atoms with Gasteiger partial charge in [-0.15, -0.1) is 0 Å². The summed E-state index contributed by atoms with van der Waals surface area (Å²) in [5, 5.41) is 19.9. The van der Waals surface area contributed by atoms with E-state index in [1.807, 2.05) is 86.6 Å². The molecule has 0 saturated carbocycles. The zero-order chi connectivity index (χ0) is 25.5. The molecule has 2 atom stereocenters. The smallest absolute Gasteiger partial charge is 0.319 e. The van der Waals surface area contributed by atoms with E-state index in [0.29, 0.717) is 19.7 Å². The topological polar surface area (TPSA) is 91.9 Å². The number of fused-ring (bicyclic) bond motifs is 1. The van der Waals surface area contributed by atoms with Crippen LogP contribution in [0.25, 0.3) is 0 Å². The number of benzene rings is 3. The minimum absolute atomic E-state index is 0.131. The number of hydrogen-bond acceptors (Lipinski definition) is 5. The Bertz CT molecular complexity index is 1170. The fourth-order valence-electron chi connectivity index (χ4n) is 4.15. The molecule has 3 aromatic rings. The standard InChI is InChI=1S/C29H35N3O4/c1-20(30-18-26(33)23-12-13-27-24(16-23)19-35-29(2,3)36-27)14-22-10-7-11-25(15-22)32-28(34)31-17-21-8-5-4-6-9-21/h4-13,15-16,20,26,30,33H,14,17-19H2,1-3H3,(H2,31,32,34)/t20-,26+/m1/s1. The Hall–Kier alpha value is -3.39. The first-order valence-corrected chi connectivity index (χ1v) is 12.3. The van der Waals surface area contributed by atoms with E-state index in [1.165, 1.54) is 0 Å². The van der Waals surface area contributed by atoms with Crippen LogP contribution in [0.3, 0.4) is 0 Å². The largest absolute Gasteiger partial charge is 0.463 e. The molecule has 0 unspecified atom stereocenters. The Kier molecular flexibility index (Phi) is 8.25. The van der Waals surface area contributed by atoms with E-state index < -0.39 is 11.9 Å². The van der Waals surface area contributed by atoms with Crippen molar-refractivity contribution >= 4 is 11.7 Å². The average molecular weight is 490 g/mol. The molecule has 190 valence electrons. The van der Waals surface area contributed by atoms with Crippen molar-refractivity contribution in [3.8, 4) is 5.75 Å². The highest BCUT2D eigenvalue weighted by molar-refractivity contribution is 5.89. The maximum atomic E-state index is 12.3. The van der Waals surface area contributed by atoms with Gasteiger partial charge in [0.15, 0.2) is 0 Å². The second-order valence-electron chi connectivity index (χ2n) is 9.68. The molecule has 0 radical (unpaired) electrons. The lowest BCUT2D eigenvalue weighted by molar-refractivity contribution is -0.180. The summed E-state index contributed by atoms with van der Waals surface area (Å²) in [5.74, 6) is 0.161. The highest BCUT2D eigenvalue weighted by Crippen LogP contribution is 2.32. The van der Waals surface area contributed by atoms with E-state index in [0.717, 1.165) is 40.1 Å². The van der Waals surface area contributed by atoms with Crippen molar-refractivity contribution < 1.29 is 19.4 Å². The van der Waals surface area contributed by atoms with Crippen LogP contribution in [0.15, 0.2) is 72.8 Å². The molecular weight excluding hydrogens is 454 g/mol. The number of carbonyl (C=O) groups is 1. The fourth-order valence-corrected chi connectivity index (χ4v) is 4.15. The molecule has 4 N–H and O–H groups in total. The van der Waals surface area contributed by atoms with Gasteiger partial charge in [-0.1, -0.05) is 48.5 Å². The first-order valence-electron chi connectivity index (χ1n) is 12.3. The van der Waals surface area contributed by atoms with Crippen molar-refractivity contribution in [3.05, 3.63) is 95.1 Å². The van der Waals surface area contributed by atoms with Gasteiger partial charge in [0.05, 0.1) is 12.7 Å². The third-order valence-electron chi connectivity index (χ3n) is 6.08. The predicted octanol–water partition coefficient (Wildman–Crippen LogP) is 4.91. The van der Waals surface area contributed by atoms with Gasteiger partial charge in [0.25, 0.3) is 0 Å². The number of ether oxygens (including phenoxy) is 2. The van der Waals surface area contributed by atoms with Crippen LogP contribution in [0.4, 0.5) is 10.5 Å². The second kappa shape index (κ2) is 11.6. The van der Waals surface area contributed by atoms with E-state index in [-0.39, 0.29) is 12.1 Å². The van der Waals surface area contributed by atoms with Crippen molar-refractivity contribution in [2.24, 2.45) is 0 Å². The average Bonchev–Trinajstić information content (AvgIpc) is 2.86. The van der Waals surface area contributed by atoms with Crippen LogP contribution < -0.4 is 20.7 Å². The molecule has 7 heteroatoms. The van der Waals surface area contributed by atoms with E-state index in [9.17, 15) is 9.90 Å². The van der Waals surface area contributed by atoms with Gasteiger partial charge in [-0.05, 0) is 54.3 Å². The third-order valence-corrected chi connectivity index (χ3v) is 6.08. The quantitative estimate of drug-likeness (QED) is 0.343. The number of urea groups is 1. The van der Waals surface area contributed by atoms with Crippen molar-refractivity contribution in [2.45, 2.75) is 58.3 Å². The SMILES string of the molecule is C[C@H](Cc1cccc(NC(=O)NCc2ccccc2)c1)NC[C@H](O)c1ccc2c(c1)COC(C)(C)O2. The maximum Gasteiger partial charge on any atom is 0.319 e. The Labute approximate surface area is 212 Å². The van der Waals surface area contributed by atoms with Gasteiger partial charge >= 0.3 is 6.03 Å². The second-order valence-corrected chi connectivity index (χ2v) is 9.68. The summed E-state index contributed by atoms with van der Waals surface area (Å²) in [7, 11) is 0. The van der Waals surface area contributed by atoms with Gasteiger partial charge in [0.2, 0.25) is 5.79 Å². The van der Waals surface area contributed by atoms with E-state index in [4.69, 9.17) is 9.47 Å². The predicted molar refractivity (Wildman–Crippen MR) is 141 cm³/mol. The van der Waals surface area contributed by atoms with E-state index in [1.54, 1.807) is 0 Å². The summed E-state index contributed by atoms with van der Waals surface area (Å²) < 4.78 is 11.5. The molecule has 0 spiro atoms. The number of nitrogens with one attached hydrogen (secondary N) is 3. The maximum absolute atomic E-state index is 12.3. The summed E-state index contributed by atoms with van der Waals surface area (Å²) in [6, 6.07) is 23.2. The number of aliphatic hydroxyl groups is 1. The van der Waals surface area contributed by atoms with Crippen LogP contribution in [-0.2, 0) is 24.3 Å². The number of aliphatic hydroxyl groups excluding tert-OH is 1. The Morgan fingerprint density at radius 1 is 1.03 bits per heavy atom. The molecule has 0 bridgehead atoms. The summed E-state index contributed by atoms with van der Waals surface area (Å²) in [6.45, 7) is 7.20. The molecule has 0 saturated heterocycles. The molecule has 4 rings (SSSR count). The van der Waals surface area contributed by atoms with E-state index in [2.05, 4.69) is 22.9 Å². The summed E-state index contributed by atoms with van der Waals surface area (Å²) >= 11 is 0. The van der Waals surface area contributed by atoms with Crippen LogP contribution >= 0.6 is 0 Å². The Balaban J connectivity index is 1.24. The number of carbonyl (C=O) groups excluding carboxylic acids is 1. The first-order chi connectivity index (χ1) is 17.3. The summed E-state index contributed by atoms with van der Waals surface area (Å²) in [6.07, 6.45) is 0.114. The zero-order valence-electron chi connectivity index (χ0n) is 21.1. The minimum atomic E-state index is -0.644.